The van der Waals surface area contributed by atoms with Crippen LogP contribution in [0.3, 0.4) is 0 Å². The number of halogens is 1. The van der Waals surface area contributed by atoms with Gasteiger partial charge in [0.25, 0.3) is 6.04 Å². The first-order valence-electron chi connectivity index (χ1n) is 4.67. The molecule has 0 aromatic carbocycles. The molecule has 5 heteroatoms. The van der Waals surface area contributed by atoms with E-state index in [0.717, 1.165) is 13.0 Å². The van der Waals surface area contributed by atoms with Crippen LogP contribution in [0, 0.1) is 10.1 Å². The molecule has 3 atom stereocenters. The maximum absolute atomic E-state index is 14.0. The molecule has 3 saturated heterocycles. The fourth-order valence-corrected chi connectivity index (χ4v) is 2.36. The van der Waals surface area contributed by atoms with Gasteiger partial charge in [-0.05, 0) is 19.4 Å². The van der Waals surface area contributed by atoms with Gasteiger partial charge in [-0.15, -0.1) is 0 Å². The van der Waals surface area contributed by atoms with Crippen molar-refractivity contribution in [3.63, 3.8) is 0 Å². The second-order valence-corrected chi connectivity index (χ2v) is 3.99. The van der Waals surface area contributed by atoms with Crippen molar-refractivity contribution in [3.8, 4) is 0 Å². The van der Waals surface area contributed by atoms with Gasteiger partial charge in [-0.2, -0.15) is 0 Å². The number of piperidine rings is 1. The van der Waals surface area contributed by atoms with Crippen LogP contribution in [0.4, 0.5) is 4.39 Å². The lowest BCUT2D eigenvalue weighted by atomic mass is 9.87. The second kappa shape index (κ2) is 2.90. The normalized spacial score (nSPS) is 44.4. The second-order valence-electron chi connectivity index (χ2n) is 3.99. The molecular weight excluding hydrogens is 175 g/mol. The number of nitro groups is 1. The number of nitrogens with zero attached hydrogens (tertiary/aromatic N) is 2. The van der Waals surface area contributed by atoms with E-state index in [0.29, 0.717) is 25.9 Å². The predicted octanol–water partition coefficient (Wildman–Crippen LogP) is 0.840. The van der Waals surface area contributed by atoms with E-state index in [1.807, 2.05) is 4.90 Å². The van der Waals surface area contributed by atoms with Crippen molar-refractivity contribution in [2.45, 2.75) is 31.0 Å². The lowest BCUT2D eigenvalue weighted by molar-refractivity contribution is -0.544. The lowest BCUT2D eigenvalue weighted by Crippen LogP contribution is -2.53. The van der Waals surface area contributed by atoms with Crippen LogP contribution >= 0.6 is 0 Å². The van der Waals surface area contributed by atoms with Crippen molar-refractivity contribution in [1.29, 1.82) is 0 Å². The number of hydrogen-bond donors (Lipinski definition) is 0. The summed E-state index contributed by atoms with van der Waals surface area (Å²) in [4.78, 5) is 12.2. The molecule has 2 bridgehead atoms. The molecule has 0 aromatic heterocycles. The molecule has 0 N–H and O–H groups in total. The number of alkyl halides is 1. The summed E-state index contributed by atoms with van der Waals surface area (Å²) in [5, 5.41) is 10.6. The smallest absolute Gasteiger partial charge is 0.259 e. The Hall–Kier alpha value is -0.710. The van der Waals surface area contributed by atoms with Gasteiger partial charge < -0.3 is 0 Å². The number of rotatable bonds is 1. The van der Waals surface area contributed by atoms with Gasteiger partial charge >= 0.3 is 0 Å². The summed E-state index contributed by atoms with van der Waals surface area (Å²) in [6, 6.07) is -0.997. The first-order valence-corrected chi connectivity index (χ1v) is 4.67. The summed E-state index contributed by atoms with van der Waals surface area (Å²) < 4.78 is 14.0. The van der Waals surface area contributed by atoms with Crippen molar-refractivity contribution in [2.75, 3.05) is 19.6 Å². The Morgan fingerprint density at radius 2 is 2.23 bits per heavy atom. The van der Waals surface area contributed by atoms with E-state index in [1.165, 1.54) is 0 Å². The van der Waals surface area contributed by atoms with Gasteiger partial charge in [0.1, 0.15) is 0 Å². The van der Waals surface area contributed by atoms with Gasteiger partial charge in [0.05, 0.1) is 6.54 Å². The standard InChI is InChI=1S/C8H13FN2O2/c9-8-2-1-4-10(5-3-8)6-7(8)11(12)13/h7H,1-6H2. The minimum Gasteiger partial charge on any atom is -0.297 e. The third-order valence-corrected chi connectivity index (χ3v) is 3.19. The molecule has 13 heavy (non-hydrogen) atoms. The first kappa shape index (κ1) is 8.87. The van der Waals surface area contributed by atoms with Gasteiger partial charge in [0.2, 0.25) is 0 Å². The Balaban J connectivity index is 2.24. The highest BCUT2D eigenvalue weighted by Gasteiger charge is 2.52. The molecular formula is C8H13FN2O2. The zero-order valence-electron chi connectivity index (χ0n) is 7.41. The van der Waals surface area contributed by atoms with Crippen LogP contribution < -0.4 is 0 Å². The predicted molar refractivity (Wildman–Crippen MR) is 44.9 cm³/mol. The van der Waals surface area contributed by atoms with Gasteiger partial charge in [0, 0.05) is 17.9 Å². The van der Waals surface area contributed by atoms with Crippen molar-refractivity contribution in [1.82, 2.24) is 4.90 Å². The summed E-state index contributed by atoms with van der Waals surface area (Å²) in [6.07, 6.45) is 1.44. The summed E-state index contributed by atoms with van der Waals surface area (Å²) in [5.74, 6) is 0. The average Bonchev–Trinajstić information content (AvgIpc) is 2.33. The van der Waals surface area contributed by atoms with E-state index >= 15 is 0 Å². The zero-order chi connectivity index (χ0) is 9.47. The van der Waals surface area contributed by atoms with Crippen LogP contribution in [0.5, 0.6) is 0 Å². The fraction of sp³-hybridized carbons (Fsp3) is 1.00. The maximum Gasteiger partial charge on any atom is 0.259 e. The minimum absolute atomic E-state index is 0.295. The monoisotopic (exact) mass is 188 g/mol. The molecule has 0 spiro atoms. The molecule has 0 saturated carbocycles. The maximum atomic E-state index is 14.0. The minimum atomic E-state index is -1.53. The molecule has 74 valence electrons. The van der Waals surface area contributed by atoms with Crippen LogP contribution in [0.1, 0.15) is 19.3 Å². The van der Waals surface area contributed by atoms with Crippen LogP contribution in [-0.4, -0.2) is 41.2 Å². The van der Waals surface area contributed by atoms with Crippen molar-refractivity contribution >= 4 is 0 Å². The van der Waals surface area contributed by atoms with Crippen LogP contribution in [0.25, 0.3) is 0 Å². The molecule has 3 aliphatic heterocycles. The lowest BCUT2D eigenvalue weighted by Gasteiger charge is -2.33. The van der Waals surface area contributed by atoms with Gasteiger partial charge in [-0.1, -0.05) is 0 Å². The molecule has 4 nitrogen and oxygen atoms in total. The summed E-state index contributed by atoms with van der Waals surface area (Å²) in [5.41, 5.74) is -1.53. The average molecular weight is 188 g/mol. The molecule has 3 aliphatic rings. The van der Waals surface area contributed by atoms with E-state index in [4.69, 9.17) is 0 Å². The van der Waals surface area contributed by atoms with E-state index in [2.05, 4.69) is 0 Å². The van der Waals surface area contributed by atoms with Gasteiger partial charge in [0.15, 0.2) is 5.67 Å². The number of fused-ring (bicyclic) bond motifs is 4. The van der Waals surface area contributed by atoms with Gasteiger partial charge in [-0.3, -0.25) is 15.0 Å². The Bertz CT molecular complexity index is 232. The van der Waals surface area contributed by atoms with E-state index in [-0.39, 0.29) is 0 Å². The highest BCUT2D eigenvalue weighted by molar-refractivity contribution is 4.97. The fourth-order valence-electron chi connectivity index (χ4n) is 2.36. The molecule has 3 heterocycles. The Labute approximate surface area is 75.9 Å². The van der Waals surface area contributed by atoms with Gasteiger partial charge in [-0.25, -0.2) is 4.39 Å². The third kappa shape index (κ3) is 1.41. The van der Waals surface area contributed by atoms with Crippen LogP contribution in [0.15, 0.2) is 0 Å². The van der Waals surface area contributed by atoms with Crippen molar-refractivity contribution < 1.29 is 9.31 Å². The highest BCUT2D eigenvalue weighted by Crippen LogP contribution is 2.36. The Morgan fingerprint density at radius 1 is 1.46 bits per heavy atom. The number of hydrogen-bond acceptors (Lipinski definition) is 3. The van der Waals surface area contributed by atoms with E-state index in [1.54, 1.807) is 0 Å². The molecule has 0 aliphatic carbocycles. The molecule has 0 amide bonds. The molecule has 0 radical (unpaired) electrons. The molecule has 3 fully saturated rings. The third-order valence-electron chi connectivity index (χ3n) is 3.19. The first-order chi connectivity index (χ1) is 6.12. The quantitative estimate of drug-likeness (QED) is 0.452. The SMILES string of the molecule is O=[N+]([O-])C1CN2CCCC1(F)CC2. The van der Waals surface area contributed by atoms with Crippen LogP contribution in [0.2, 0.25) is 0 Å². The summed E-state index contributed by atoms with van der Waals surface area (Å²) in [6.45, 7) is 1.79. The van der Waals surface area contributed by atoms with Crippen molar-refractivity contribution in [2.24, 2.45) is 0 Å². The molecule has 3 rings (SSSR count). The largest absolute Gasteiger partial charge is 0.297 e. The highest BCUT2D eigenvalue weighted by atomic mass is 19.1. The summed E-state index contributed by atoms with van der Waals surface area (Å²) in [7, 11) is 0. The molecule has 0 aromatic rings. The van der Waals surface area contributed by atoms with Crippen molar-refractivity contribution in [3.05, 3.63) is 10.1 Å². The Kier molecular flexibility index (Phi) is 1.98. The van der Waals surface area contributed by atoms with E-state index in [9.17, 15) is 14.5 Å². The molecule has 3 unspecified atom stereocenters. The topological polar surface area (TPSA) is 46.4 Å². The van der Waals surface area contributed by atoms with E-state index < -0.39 is 16.6 Å². The van der Waals surface area contributed by atoms with Crippen LogP contribution in [-0.2, 0) is 0 Å². The Morgan fingerprint density at radius 3 is 2.92 bits per heavy atom. The summed E-state index contributed by atoms with van der Waals surface area (Å²) >= 11 is 0. The zero-order valence-corrected chi connectivity index (χ0v) is 7.41.